The first-order valence-corrected chi connectivity index (χ1v) is 15.6. The van der Waals surface area contributed by atoms with Crippen LogP contribution < -0.4 is 0 Å². The topological polar surface area (TPSA) is 222 Å². The van der Waals surface area contributed by atoms with Crippen LogP contribution >= 0.6 is 0 Å². The fraction of sp³-hybridized carbons (Fsp3) is 0.800. The smallest absolute Gasteiger partial charge is 0.303 e. The third-order valence-corrected chi connectivity index (χ3v) is 7.02. The van der Waals surface area contributed by atoms with E-state index in [2.05, 4.69) is 0 Å². The van der Waals surface area contributed by atoms with E-state index in [4.69, 9.17) is 61.6 Å². The van der Waals surface area contributed by atoms with Crippen LogP contribution in [0.5, 0.6) is 0 Å². The van der Waals surface area contributed by atoms with E-state index < -0.39 is 97.2 Å². The van der Waals surface area contributed by atoms with Gasteiger partial charge in [0.2, 0.25) is 0 Å². The molecular formula is C30H44O19. The highest BCUT2D eigenvalue weighted by atomic mass is 16.8. The summed E-state index contributed by atoms with van der Waals surface area (Å²) in [7, 11) is 0. The zero-order valence-electron chi connectivity index (χ0n) is 28.2. The number of carbonyl (C=O) groups is 6. The summed E-state index contributed by atoms with van der Waals surface area (Å²) in [6.45, 7) is 5.67. The summed E-state index contributed by atoms with van der Waals surface area (Å²) in [4.78, 5) is 71.6. The lowest BCUT2D eigenvalue weighted by molar-refractivity contribution is -0.327. The Morgan fingerprint density at radius 3 is 1.10 bits per heavy atom. The van der Waals surface area contributed by atoms with Crippen molar-refractivity contribution in [2.75, 3.05) is 52.9 Å². The second-order valence-electron chi connectivity index (χ2n) is 11.0. The van der Waals surface area contributed by atoms with Gasteiger partial charge in [-0.2, -0.15) is 0 Å². The minimum absolute atomic E-state index is 0.00345. The molecule has 0 N–H and O–H groups in total. The van der Waals surface area contributed by atoms with E-state index in [0.717, 1.165) is 27.7 Å². The molecule has 3 fully saturated rings. The minimum atomic E-state index is -1.27. The summed E-state index contributed by atoms with van der Waals surface area (Å²) in [5, 5.41) is 0. The van der Waals surface area contributed by atoms with Crippen molar-refractivity contribution in [2.45, 2.75) is 103 Å². The van der Waals surface area contributed by atoms with Crippen LogP contribution in [0.2, 0.25) is 0 Å². The molecule has 0 bridgehead atoms. The lowest BCUT2D eigenvalue weighted by Gasteiger charge is -2.45. The molecule has 0 unspecified atom stereocenters. The standard InChI is InChI=1S/C30H44O19/c1-15(31)42-13-21-23(44-17(3)33)25(46-19(5)35)27-29(48-21)40-11-12-41-30-28(39-10-8-37-7-9-38-27)26(47-20(6)36)24(45-18(4)34)22(49-30)14-43-16(2)32/h21-30H,7-14H2,1-6H3/t21-,22-,23-,24-,25+,26+,27-,28-,29-,30-/m1/s1. The van der Waals surface area contributed by atoms with Gasteiger partial charge < -0.3 is 61.6 Å². The molecular weight excluding hydrogens is 664 g/mol. The van der Waals surface area contributed by atoms with E-state index in [1.807, 2.05) is 0 Å². The largest absolute Gasteiger partial charge is 0.463 e. The third-order valence-electron chi connectivity index (χ3n) is 7.02. The third kappa shape index (κ3) is 12.7. The Morgan fingerprint density at radius 2 is 0.776 bits per heavy atom. The summed E-state index contributed by atoms with van der Waals surface area (Å²) >= 11 is 0. The van der Waals surface area contributed by atoms with Crippen LogP contribution in [-0.4, -0.2) is 150 Å². The molecule has 0 aromatic rings. The Labute approximate surface area is 282 Å². The van der Waals surface area contributed by atoms with Crippen LogP contribution in [0.4, 0.5) is 0 Å². The lowest BCUT2D eigenvalue weighted by Crippen LogP contribution is -2.63. The van der Waals surface area contributed by atoms with Crippen LogP contribution in [0, 0.1) is 0 Å². The van der Waals surface area contributed by atoms with E-state index in [0.29, 0.717) is 0 Å². The Hall–Kier alpha value is -3.46. The molecule has 0 aromatic carbocycles. The molecule has 10 atom stereocenters. The molecule has 0 amide bonds. The van der Waals surface area contributed by atoms with Gasteiger partial charge in [0, 0.05) is 41.5 Å². The molecule has 0 spiro atoms. The molecule has 0 radical (unpaired) electrons. The summed E-state index contributed by atoms with van der Waals surface area (Å²) in [6.07, 6.45) is -12.1. The predicted octanol–water partition coefficient (Wildman–Crippen LogP) is -0.877. The molecule has 49 heavy (non-hydrogen) atoms. The van der Waals surface area contributed by atoms with E-state index >= 15 is 0 Å². The van der Waals surface area contributed by atoms with Crippen molar-refractivity contribution >= 4 is 35.8 Å². The minimum Gasteiger partial charge on any atom is -0.463 e. The van der Waals surface area contributed by atoms with Gasteiger partial charge in [-0.25, -0.2) is 0 Å². The van der Waals surface area contributed by atoms with Crippen molar-refractivity contribution < 1.29 is 90.3 Å². The van der Waals surface area contributed by atoms with Gasteiger partial charge >= 0.3 is 35.8 Å². The van der Waals surface area contributed by atoms with E-state index in [1.54, 1.807) is 0 Å². The van der Waals surface area contributed by atoms with Crippen molar-refractivity contribution in [2.24, 2.45) is 0 Å². The summed E-state index contributed by atoms with van der Waals surface area (Å²) in [5.41, 5.74) is 0. The van der Waals surface area contributed by atoms with Crippen molar-refractivity contribution in [3.63, 3.8) is 0 Å². The first-order valence-electron chi connectivity index (χ1n) is 15.6. The summed E-state index contributed by atoms with van der Waals surface area (Å²) in [6, 6.07) is 0. The molecule has 3 rings (SSSR count). The van der Waals surface area contributed by atoms with Crippen LogP contribution in [0.3, 0.4) is 0 Å². The van der Waals surface area contributed by atoms with E-state index in [-0.39, 0.29) is 52.9 Å². The number of esters is 6. The fourth-order valence-corrected chi connectivity index (χ4v) is 5.28. The normalized spacial score (nSPS) is 32.7. The SMILES string of the molecule is CC(=O)OC[C@H]1O[C@H]2OCCO[C@@H]3O[C@H](COC(C)=O)[C@@H](OC(C)=O)[C@H](OC(C)=O)[C@H]3OCCOCCO[C@@H]2[C@@H](OC(C)=O)[C@@H]1OC(C)=O. The highest BCUT2D eigenvalue weighted by Crippen LogP contribution is 2.32. The van der Waals surface area contributed by atoms with Crippen LogP contribution in [-0.2, 0) is 90.3 Å². The van der Waals surface area contributed by atoms with Crippen LogP contribution in [0.15, 0.2) is 0 Å². The van der Waals surface area contributed by atoms with Crippen LogP contribution in [0.1, 0.15) is 41.5 Å². The van der Waals surface area contributed by atoms with Gasteiger partial charge in [-0.15, -0.1) is 0 Å². The maximum Gasteiger partial charge on any atom is 0.303 e. The zero-order valence-corrected chi connectivity index (χ0v) is 28.2. The Kier molecular flexibility index (Phi) is 16.0. The number of hydrogen-bond acceptors (Lipinski definition) is 19. The second kappa shape index (κ2) is 19.7. The molecule has 0 aromatic heterocycles. The maximum atomic E-state index is 12.2. The average Bonchev–Trinajstić information content (AvgIpc) is 3.00. The Balaban J connectivity index is 1.89. The molecule has 3 saturated heterocycles. The highest BCUT2D eigenvalue weighted by molar-refractivity contribution is 5.68. The lowest BCUT2D eigenvalue weighted by atomic mass is 9.98. The quantitative estimate of drug-likeness (QED) is 0.221. The van der Waals surface area contributed by atoms with Gasteiger partial charge in [0.15, 0.2) is 37.0 Å². The Bertz CT molecular complexity index is 1060. The molecule has 3 aliphatic rings. The number of ether oxygens (including phenoxy) is 13. The van der Waals surface area contributed by atoms with Gasteiger partial charge in [-0.05, 0) is 0 Å². The van der Waals surface area contributed by atoms with Crippen LogP contribution in [0.25, 0.3) is 0 Å². The van der Waals surface area contributed by atoms with Crippen molar-refractivity contribution in [3.8, 4) is 0 Å². The van der Waals surface area contributed by atoms with Crippen molar-refractivity contribution in [1.29, 1.82) is 0 Å². The zero-order chi connectivity index (χ0) is 36.1. The molecule has 278 valence electrons. The molecule has 19 nitrogen and oxygen atoms in total. The fourth-order valence-electron chi connectivity index (χ4n) is 5.28. The number of fused-ring (bicyclic) bond motifs is 2. The average molecular weight is 709 g/mol. The number of carbonyl (C=O) groups excluding carboxylic acids is 6. The molecule has 0 aliphatic carbocycles. The number of rotatable bonds is 8. The molecule has 0 saturated carbocycles. The maximum absolute atomic E-state index is 12.2. The van der Waals surface area contributed by atoms with Crippen molar-refractivity contribution in [3.05, 3.63) is 0 Å². The van der Waals surface area contributed by atoms with E-state index in [9.17, 15) is 28.8 Å². The second-order valence-corrected chi connectivity index (χ2v) is 11.0. The number of hydrogen-bond donors (Lipinski definition) is 0. The molecule has 3 heterocycles. The van der Waals surface area contributed by atoms with Gasteiger partial charge in [0.1, 0.15) is 37.6 Å². The predicted molar refractivity (Wildman–Crippen MR) is 155 cm³/mol. The monoisotopic (exact) mass is 708 g/mol. The van der Waals surface area contributed by atoms with Gasteiger partial charge in [-0.3, -0.25) is 28.8 Å². The first-order chi connectivity index (χ1) is 23.3. The summed E-state index contributed by atoms with van der Waals surface area (Å²) in [5.74, 6) is -4.15. The van der Waals surface area contributed by atoms with Gasteiger partial charge in [-0.1, -0.05) is 0 Å². The molecule has 3 aliphatic heterocycles. The highest BCUT2D eigenvalue weighted by Gasteiger charge is 2.53. The first kappa shape index (κ1) is 40.0. The van der Waals surface area contributed by atoms with Crippen molar-refractivity contribution in [1.82, 2.24) is 0 Å². The van der Waals surface area contributed by atoms with Gasteiger partial charge in [0.25, 0.3) is 0 Å². The van der Waals surface area contributed by atoms with Gasteiger partial charge in [0.05, 0.1) is 39.6 Å². The molecule has 19 heteroatoms. The van der Waals surface area contributed by atoms with E-state index in [1.165, 1.54) is 13.8 Å². The summed E-state index contributed by atoms with van der Waals surface area (Å²) < 4.78 is 73.8. The Morgan fingerprint density at radius 1 is 0.449 bits per heavy atom.